The fourth-order valence-electron chi connectivity index (χ4n) is 7.43. The second-order valence-electron chi connectivity index (χ2n) is 12.7. The average Bonchev–Trinajstić information content (AvgIpc) is 3.13. The van der Waals surface area contributed by atoms with Crippen molar-refractivity contribution in [3.63, 3.8) is 0 Å². The highest BCUT2D eigenvalue weighted by Crippen LogP contribution is 2.40. The minimum absolute atomic E-state index is 0.00422. The fraction of sp³-hybridized carbons (Fsp3) is 0. The summed E-state index contributed by atoms with van der Waals surface area (Å²) in [7, 11) is 119. The van der Waals surface area contributed by atoms with Crippen LogP contribution in [0.4, 0.5) is 0 Å². The van der Waals surface area contributed by atoms with E-state index in [1.165, 1.54) is 0 Å². The lowest BCUT2D eigenvalue weighted by atomic mass is 9.57. The summed E-state index contributed by atoms with van der Waals surface area (Å²) in [4.78, 5) is 0. The van der Waals surface area contributed by atoms with Crippen molar-refractivity contribution in [3.8, 4) is 22.3 Å². The molecule has 0 saturated carbocycles. The third kappa shape index (κ3) is 4.74. The Hall–Kier alpha value is -3.25. The monoisotopic (exact) mass is 610 g/mol. The van der Waals surface area contributed by atoms with Crippen LogP contribution in [0.25, 0.3) is 65.3 Å². The first-order valence-corrected chi connectivity index (χ1v) is 15.5. The Labute approximate surface area is 327 Å². The molecule has 0 aliphatic carbocycles. The van der Waals surface area contributed by atoms with Gasteiger partial charge >= 0.3 is 0 Å². The largest absolute Gasteiger partial charge is 0.115 e. The molecule has 0 amide bonds. The van der Waals surface area contributed by atoms with Gasteiger partial charge in [-0.3, -0.25) is 0 Å². The maximum Gasteiger partial charge on any atom is 0.115 e. The van der Waals surface area contributed by atoms with Gasteiger partial charge in [0.2, 0.25) is 0 Å². The van der Waals surface area contributed by atoms with E-state index in [-0.39, 0.29) is 142 Å². The van der Waals surface area contributed by atoms with Gasteiger partial charge in [-0.05, 0) is 65.3 Å². The van der Waals surface area contributed by atoms with Crippen LogP contribution < -0.4 is 98.3 Å². The van der Waals surface area contributed by atoms with E-state index >= 15 is 0 Å². The van der Waals surface area contributed by atoms with Gasteiger partial charge in [0, 0.05) is 0 Å². The molecule has 0 heterocycles. The molecular weight excluding hydrogens is 603 g/mol. The smallest absolute Gasteiger partial charge is 0.112 e. The highest BCUT2D eigenvalue weighted by molar-refractivity contribution is 6.75. The van der Waals surface area contributed by atoms with E-state index in [0.717, 1.165) is 0 Å². The molecule has 0 nitrogen and oxygen atoms in total. The van der Waals surface area contributed by atoms with Crippen LogP contribution in [0, 0.1) is 0 Å². The lowest BCUT2D eigenvalue weighted by Gasteiger charge is -2.31. The number of benzene rings is 7. The molecule has 7 aromatic carbocycles. The summed E-state index contributed by atoms with van der Waals surface area (Å²) in [5.41, 5.74) is 1.61. The molecule has 0 saturated heterocycles. The Bertz CT molecular complexity index is 2800. The highest BCUT2D eigenvalue weighted by Gasteiger charge is 2.27. The van der Waals surface area contributed by atoms with Gasteiger partial charge in [0.1, 0.15) is 141 Å². The first-order valence-electron chi connectivity index (χ1n) is 15.5. The summed E-state index contributed by atoms with van der Waals surface area (Å²) in [6, 6.07) is 7.16. The molecule has 7 rings (SSSR count). The quantitative estimate of drug-likeness (QED) is 0.104. The molecule has 0 bridgehead atoms. The minimum atomic E-state index is -0.0154. The summed E-state index contributed by atoms with van der Waals surface area (Å²) in [6.45, 7) is 0. The van der Waals surface area contributed by atoms with Crippen LogP contribution in [0.2, 0.25) is 0 Å². The first kappa shape index (κ1) is 37.1. The summed E-state index contributed by atoms with van der Waals surface area (Å²) < 4.78 is 0. The molecule has 194 valence electrons. The second kappa shape index (κ2) is 12.7. The van der Waals surface area contributed by atoms with Crippen LogP contribution in [0.3, 0.4) is 0 Å². The molecule has 0 N–H and O–H groups in total. The molecule has 0 spiro atoms. The van der Waals surface area contributed by atoms with Gasteiger partial charge < -0.3 is 0 Å². The van der Waals surface area contributed by atoms with Crippen LogP contribution in [0.1, 0.15) is 0 Å². The Balaban J connectivity index is 1.85. The fourth-order valence-corrected chi connectivity index (χ4v) is 7.43. The number of rotatable bonds is 2. The summed E-state index contributed by atoms with van der Waals surface area (Å²) in [5.74, 6) is 0. The van der Waals surface area contributed by atoms with Crippen LogP contribution in [-0.2, 0) is 0 Å². The van der Waals surface area contributed by atoms with Gasteiger partial charge in [-0.2, -0.15) is 0 Å². The van der Waals surface area contributed by atoms with Gasteiger partial charge in [-0.25, -0.2) is 0 Å². The molecule has 52 heavy (non-hydrogen) atoms. The van der Waals surface area contributed by atoms with E-state index in [4.69, 9.17) is 141 Å². The molecule has 0 unspecified atom stereocenters. The molecule has 0 aliphatic heterocycles. The van der Waals surface area contributed by atoms with Gasteiger partial charge in [0.15, 0.2) is 0 Å². The Morgan fingerprint density at radius 1 is 0.192 bits per heavy atom. The van der Waals surface area contributed by atoms with Gasteiger partial charge in [0.25, 0.3) is 0 Å². The SMILES string of the molecule is [B]c1c([B])c([B])c(-c2c3ccccc3c(-c3c([B])c([B])c4c([B])c([B])c5c([B])c([B])c([B])c([B])c5c4c3[B])c3c([B])c([B])c([B])c([B])c23)c([B])c1[B]. The molecular formula is C34H4B18. The number of fused-ring (bicyclic) bond motifs is 5. The van der Waals surface area contributed by atoms with Gasteiger partial charge in [-0.1, -0.05) is 84.4 Å². The van der Waals surface area contributed by atoms with Gasteiger partial charge in [-0.15, -0.1) is 38.2 Å². The van der Waals surface area contributed by atoms with Crippen molar-refractivity contribution in [2.45, 2.75) is 0 Å². The molecule has 0 fully saturated rings. The topological polar surface area (TPSA) is 0 Å². The minimum Gasteiger partial charge on any atom is -0.112 e. The zero-order valence-corrected chi connectivity index (χ0v) is 27.7. The van der Waals surface area contributed by atoms with E-state index in [1.54, 1.807) is 24.3 Å². The average molecular weight is 607 g/mol. The van der Waals surface area contributed by atoms with Crippen LogP contribution in [0.15, 0.2) is 24.3 Å². The molecule has 0 aromatic heterocycles. The highest BCUT2D eigenvalue weighted by atomic mass is 14.3. The van der Waals surface area contributed by atoms with Crippen molar-refractivity contribution in [2.75, 3.05) is 0 Å². The van der Waals surface area contributed by atoms with Crippen molar-refractivity contribution >= 4 is 283 Å². The van der Waals surface area contributed by atoms with Crippen molar-refractivity contribution in [3.05, 3.63) is 24.3 Å². The molecule has 0 aliphatic rings. The van der Waals surface area contributed by atoms with E-state index in [1.807, 2.05) is 0 Å². The third-order valence-electron chi connectivity index (χ3n) is 10.2. The lowest BCUT2D eigenvalue weighted by Crippen LogP contribution is -2.55. The molecule has 18 heteroatoms. The van der Waals surface area contributed by atoms with E-state index in [2.05, 4.69) is 0 Å². The Kier molecular flexibility index (Phi) is 9.04. The first-order chi connectivity index (χ1) is 24.4. The second-order valence-corrected chi connectivity index (χ2v) is 12.7. The Morgan fingerprint density at radius 3 is 0.827 bits per heavy atom. The zero-order chi connectivity index (χ0) is 38.1. The third-order valence-corrected chi connectivity index (χ3v) is 10.2. The summed E-state index contributed by atoms with van der Waals surface area (Å²) >= 11 is 0. The number of hydrogen-bond acceptors (Lipinski definition) is 0. The molecule has 0 atom stereocenters. The number of hydrogen-bond donors (Lipinski definition) is 0. The van der Waals surface area contributed by atoms with Crippen LogP contribution in [0.5, 0.6) is 0 Å². The van der Waals surface area contributed by atoms with Crippen molar-refractivity contribution in [1.82, 2.24) is 0 Å². The lowest BCUT2D eigenvalue weighted by molar-refractivity contribution is 1.77. The maximum absolute atomic E-state index is 7.19. The van der Waals surface area contributed by atoms with E-state index in [9.17, 15) is 0 Å². The van der Waals surface area contributed by atoms with E-state index in [0.29, 0.717) is 21.9 Å². The normalized spacial score (nSPS) is 11.7. The maximum atomic E-state index is 7.19. The van der Waals surface area contributed by atoms with Crippen LogP contribution in [-0.4, -0.2) is 141 Å². The zero-order valence-electron chi connectivity index (χ0n) is 27.7. The molecule has 36 radical (unpaired) electrons. The van der Waals surface area contributed by atoms with E-state index < -0.39 is 0 Å². The van der Waals surface area contributed by atoms with Crippen molar-refractivity contribution in [2.24, 2.45) is 0 Å². The van der Waals surface area contributed by atoms with Crippen molar-refractivity contribution in [1.29, 1.82) is 0 Å². The summed E-state index contributed by atoms with van der Waals surface area (Å²) in [5, 5.41) is 2.55. The predicted molar refractivity (Wildman–Crippen MR) is 244 cm³/mol. The van der Waals surface area contributed by atoms with Gasteiger partial charge in [0.05, 0.1) is 0 Å². The summed E-state index contributed by atoms with van der Waals surface area (Å²) in [6.07, 6.45) is 0. The van der Waals surface area contributed by atoms with Crippen LogP contribution >= 0.6 is 0 Å². The predicted octanol–water partition coefficient (Wildman–Crippen LogP) is -12.1. The standard InChI is InChI=1S/C34H4B18/c35-17-11-12-16(27(45)31(49)30(48)20(12)38)24(42)23(41)15(11)22(40)21(39)13(17)7-5-3-1-2-4-6(5)8(10-9(7)18(36)28(46)29(47)19(10)37)14-25(43)32(50)34(52)33(51)26(14)44/h1-4H. The Morgan fingerprint density at radius 2 is 0.423 bits per heavy atom. The molecule has 7 aromatic rings. The van der Waals surface area contributed by atoms with Crippen molar-refractivity contribution < 1.29 is 0 Å².